The zero-order valence-electron chi connectivity index (χ0n) is 48.4. The molecular formula is C72H80BN3S. The van der Waals surface area contributed by atoms with Gasteiger partial charge in [-0.05, 0) is 207 Å². The molecule has 3 heterocycles. The molecule has 3 fully saturated rings. The molecule has 0 unspecified atom stereocenters. The fraction of sp³-hybridized carbons (Fsp3) is 0.389. The summed E-state index contributed by atoms with van der Waals surface area (Å²) in [5, 5.41) is 1.35. The Morgan fingerprint density at radius 3 is 1.61 bits per heavy atom. The maximum Gasteiger partial charge on any atom is 0.264 e. The lowest BCUT2D eigenvalue weighted by Gasteiger charge is -2.50. The first-order chi connectivity index (χ1) is 36.5. The van der Waals surface area contributed by atoms with E-state index in [0.717, 1.165) is 29.4 Å². The largest absolute Gasteiger partial charge is 0.311 e. The number of para-hydroxylation sites is 2. The molecule has 2 bridgehead atoms. The molecule has 0 spiro atoms. The number of benzene rings is 7. The normalized spacial score (nSPS) is 20.2. The van der Waals surface area contributed by atoms with Gasteiger partial charge >= 0.3 is 0 Å². The second kappa shape index (κ2) is 17.5. The second-order valence-corrected chi connectivity index (χ2v) is 29.6. The third-order valence-corrected chi connectivity index (χ3v) is 20.8. The number of hydrogen-bond donors (Lipinski definition) is 0. The topological polar surface area (TPSA) is 9.72 Å². The molecule has 8 aromatic rings. The van der Waals surface area contributed by atoms with Crippen LogP contribution in [0.15, 0.2) is 146 Å². The first-order valence-electron chi connectivity index (χ1n) is 29.2. The molecule has 14 rings (SSSR count). The summed E-state index contributed by atoms with van der Waals surface area (Å²) in [5.74, 6) is 0.866. The summed E-state index contributed by atoms with van der Waals surface area (Å²) in [6, 6.07) is 57.8. The highest BCUT2D eigenvalue weighted by atomic mass is 32.1. The summed E-state index contributed by atoms with van der Waals surface area (Å²) in [4.78, 5) is 8.06. The van der Waals surface area contributed by atoms with E-state index in [-0.39, 0.29) is 39.2 Å². The van der Waals surface area contributed by atoms with Crippen LogP contribution >= 0.6 is 11.3 Å². The Bertz CT molecular complexity index is 3570. The number of nitrogens with zero attached hydrogens (tertiary/aromatic N) is 3. The summed E-state index contributed by atoms with van der Waals surface area (Å²) in [7, 11) is 0. The van der Waals surface area contributed by atoms with Crippen LogP contribution in [0.25, 0.3) is 10.1 Å². The van der Waals surface area contributed by atoms with Crippen molar-refractivity contribution in [2.24, 2.45) is 5.92 Å². The van der Waals surface area contributed by atoms with Gasteiger partial charge in [0.05, 0.1) is 11.4 Å². The van der Waals surface area contributed by atoms with Crippen molar-refractivity contribution in [3.8, 4) is 0 Å². The van der Waals surface area contributed by atoms with E-state index in [1.165, 1.54) is 133 Å². The number of thiophene rings is 1. The van der Waals surface area contributed by atoms with Crippen molar-refractivity contribution in [1.29, 1.82) is 0 Å². The highest BCUT2D eigenvalue weighted by Gasteiger charge is 2.49. The maximum atomic E-state index is 2.79. The van der Waals surface area contributed by atoms with Gasteiger partial charge in [0, 0.05) is 54.7 Å². The van der Waals surface area contributed by atoms with Crippen LogP contribution in [0.4, 0.5) is 51.2 Å². The molecule has 7 aromatic carbocycles. The minimum absolute atomic E-state index is 0.000167. The van der Waals surface area contributed by atoms with Crippen LogP contribution in [0.1, 0.15) is 175 Å². The molecule has 0 amide bonds. The van der Waals surface area contributed by atoms with Crippen molar-refractivity contribution in [1.82, 2.24) is 0 Å². The number of fused-ring (bicyclic) bond motifs is 10. The highest BCUT2D eigenvalue weighted by molar-refractivity contribution is 7.33. The van der Waals surface area contributed by atoms with E-state index in [1.807, 2.05) is 11.3 Å². The maximum absolute atomic E-state index is 2.79. The highest BCUT2D eigenvalue weighted by Crippen LogP contribution is 2.58. The summed E-state index contributed by atoms with van der Waals surface area (Å²) >= 11 is 2.03. The van der Waals surface area contributed by atoms with Crippen molar-refractivity contribution < 1.29 is 0 Å². The monoisotopic (exact) mass is 1030 g/mol. The van der Waals surface area contributed by atoms with Crippen molar-refractivity contribution >= 4 is 95.0 Å². The summed E-state index contributed by atoms with van der Waals surface area (Å²) in [6.45, 7) is 31.4. The predicted molar refractivity (Wildman–Crippen MR) is 335 cm³/mol. The SMILES string of the molecule is CC(C)(C)c1ccc2c(c1)B1c3sc4ccc(C(C)(C)C)cc4c3N(c3ccc4c(c3)C(C)(C)CCC4(C)C)c3cc(N(c4ccccc4)c4ccccc4)cc(c31)N2c1ccc(C(C)(C)C)cc1C12CCC(CC1)CC2. The van der Waals surface area contributed by atoms with Gasteiger partial charge in [0.15, 0.2) is 0 Å². The molecule has 3 saturated carbocycles. The Morgan fingerprint density at radius 2 is 1.01 bits per heavy atom. The molecule has 3 nitrogen and oxygen atoms in total. The predicted octanol–water partition coefficient (Wildman–Crippen LogP) is 18.9. The first kappa shape index (κ1) is 50.5. The molecule has 77 heavy (non-hydrogen) atoms. The van der Waals surface area contributed by atoms with Gasteiger partial charge in [0.1, 0.15) is 0 Å². The molecule has 0 saturated heterocycles. The van der Waals surface area contributed by atoms with Crippen LogP contribution in [0.3, 0.4) is 0 Å². The molecule has 6 aliphatic rings. The molecule has 2 aliphatic heterocycles. The van der Waals surface area contributed by atoms with Gasteiger partial charge in [0.25, 0.3) is 6.71 Å². The summed E-state index contributed by atoms with van der Waals surface area (Å²) in [6.07, 6.45) is 10.1. The molecule has 0 N–H and O–H groups in total. The van der Waals surface area contributed by atoms with Crippen LogP contribution in [0.2, 0.25) is 0 Å². The molecule has 1 aromatic heterocycles. The van der Waals surface area contributed by atoms with Crippen molar-refractivity contribution in [2.75, 3.05) is 14.7 Å². The van der Waals surface area contributed by atoms with Gasteiger partial charge in [-0.15, -0.1) is 11.3 Å². The van der Waals surface area contributed by atoms with E-state index in [9.17, 15) is 0 Å². The van der Waals surface area contributed by atoms with E-state index in [0.29, 0.717) is 0 Å². The molecule has 0 radical (unpaired) electrons. The first-order valence-corrected chi connectivity index (χ1v) is 30.0. The standard InChI is InChI=1S/C72H80BN3S/c1-67(2,3)47-26-31-63-54(40-47)65-66(77-63)73-58-42-49(69(7,8)9)25-30-60(58)76(59-29-24-48(68(4,5)6)41-57(59)72-35-32-46(33-36-72)34-37-72)62-45-53(74(50-20-16-14-17-21-50)51-22-18-15-19-23-51)44-61(64(62)73)75(65)52-27-28-55-56(43-52)71(12,13)39-38-70(55,10)11/h14-31,40-46H,32-39H2,1-13H3. The van der Waals surface area contributed by atoms with Gasteiger partial charge in [-0.25, -0.2) is 0 Å². The van der Waals surface area contributed by atoms with Gasteiger partial charge < -0.3 is 14.7 Å². The molecular weight excluding hydrogens is 950 g/mol. The lowest BCUT2D eigenvalue weighted by molar-refractivity contribution is 0.136. The van der Waals surface area contributed by atoms with Gasteiger partial charge in [-0.1, -0.05) is 163 Å². The molecule has 0 atom stereocenters. The van der Waals surface area contributed by atoms with Crippen LogP contribution in [-0.4, -0.2) is 6.71 Å². The minimum Gasteiger partial charge on any atom is -0.311 e. The Labute approximate surface area is 465 Å². The number of anilines is 9. The van der Waals surface area contributed by atoms with E-state index in [1.54, 1.807) is 5.56 Å². The van der Waals surface area contributed by atoms with Crippen molar-refractivity contribution in [2.45, 2.75) is 174 Å². The second-order valence-electron chi connectivity index (χ2n) is 28.5. The molecule has 4 aliphatic carbocycles. The van der Waals surface area contributed by atoms with E-state index in [2.05, 4.69) is 250 Å². The molecule has 392 valence electrons. The lowest BCUT2D eigenvalue weighted by Crippen LogP contribution is -2.60. The smallest absolute Gasteiger partial charge is 0.264 e. The van der Waals surface area contributed by atoms with E-state index < -0.39 is 0 Å². The average Bonchev–Trinajstić information content (AvgIpc) is 4.06. The Hall–Kier alpha value is -6.04. The Balaban J connectivity index is 1.20. The van der Waals surface area contributed by atoms with E-state index in [4.69, 9.17) is 0 Å². The van der Waals surface area contributed by atoms with Crippen LogP contribution in [-0.2, 0) is 32.5 Å². The quantitative estimate of drug-likeness (QED) is 0.154. The number of rotatable bonds is 6. The average molecular weight is 1030 g/mol. The van der Waals surface area contributed by atoms with Crippen molar-refractivity contribution in [3.63, 3.8) is 0 Å². The summed E-state index contributed by atoms with van der Waals surface area (Å²) < 4.78 is 2.78. The fourth-order valence-electron chi connectivity index (χ4n) is 14.7. The van der Waals surface area contributed by atoms with Gasteiger partial charge in [-0.2, -0.15) is 0 Å². The van der Waals surface area contributed by atoms with Crippen LogP contribution < -0.4 is 30.4 Å². The Morgan fingerprint density at radius 1 is 0.481 bits per heavy atom. The zero-order valence-corrected chi connectivity index (χ0v) is 49.2. The van der Waals surface area contributed by atoms with Gasteiger partial charge in [0.2, 0.25) is 0 Å². The van der Waals surface area contributed by atoms with E-state index >= 15 is 0 Å². The van der Waals surface area contributed by atoms with Crippen LogP contribution in [0.5, 0.6) is 0 Å². The fourth-order valence-corrected chi connectivity index (χ4v) is 16.0. The minimum atomic E-state index is -0.0487. The number of hydrogen-bond acceptors (Lipinski definition) is 4. The van der Waals surface area contributed by atoms with Crippen LogP contribution in [0, 0.1) is 5.92 Å². The third kappa shape index (κ3) is 8.16. The molecule has 5 heteroatoms. The van der Waals surface area contributed by atoms with Crippen molar-refractivity contribution in [3.05, 3.63) is 179 Å². The Kier molecular flexibility index (Phi) is 11.5. The third-order valence-electron chi connectivity index (χ3n) is 19.5. The summed E-state index contributed by atoms with van der Waals surface area (Å²) in [5.41, 5.74) is 22.9. The van der Waals surface area contributed by atoms with Gasteiger partial charge in [-0.3, -0.25) is 0 Å². The lowest BCUT2D eigenvalue weighted by atomic mass is 9.36. The zero-order chi connectivity index (χ0) is 53.8.